The zero-order valence-electron chi connectivity index (χ0n) is 30.6. The first-order valence-corrected chi connectivity index (χ1v) is 19.2. The molecule has 1 aliphatic heterocycles. The van der Waals surface area contributed by atoms with Gasteiger partial charge in [0.2, 0.25) is 5.95 Å². The minimum absolute atomic E-state index is 0.441. The zero-order valence-corrected chi connectivity index (χ0v) is 30.6. The molecule has 11 aromatic rings. The molecule has 12 rings (SSSR count). The number of para-hydroxylation sites is 6. The molecular weight excluding hydrogens is 699 g/mol. The number of nitrogens with zero attached hydrogens (tertiary/aromatic N) is 5. The molecule has 8 aromatic carbocycles. The van der Waals surface area contributed by atoms with Crippen LogP contribution in [0.15, 0.2) is 199 Å². The highest BCUT2D eigenvalue weighted by atomic mass is 16.3. The lowest BCUT2D eigenvalue weighted by atomic mass is 10.0. The molecule has 0 saturated carbocycles. The topological polar surface area (TPSA) is 56.7 Å². The third-order valence-corrected chi connectivity index (χ3v) is 11.5. The van der Waals surface area contributed by atoms with E-state index in [-0.39, 0.29) is 0 Å². The smallest absolute Gasteiger partial charge is 0.238 e. The van der Waals surface area contributed by atoms with Gasteiger partial charge >= 0.3 is 0 Å². The molecule has 0 atom stereocenters. The first-order valence-electron chi connectivity index (χ1n) is 19.2. The third kappa shape index (κ3) is 4.53. The molecule has 0 aliphatic carbocycles. The highest BCUT2D eigenvalue weighted by Gasteiger charge is 2.48. The number of furan rings is 1. The van der Waals surface area contributed by atoms with E-state index in [0.717, 1.165) is 71.9 Å². The van der Waals surface area contributed by atoms with E-state index in [1.165, 1.54) is 16.8 Å². The lowest BCUT2D eigenvalue weighted by Crippen LogP contribution is -2.31. The molecule has 266 valence electrons. The van der Waals surface area contributed by atoms with Crippen molar-refractivity contribution >= 4 is 66.5 Å². The molecule has 0 saturated heterocycles. The van der Waals surface area contributed by atoms with Crippen molar-refractivity contribution in [2.24, 2.45) is 0 Å². The number of hydrogen-bond acceptors (Lipinski definition) is 4. The normalized spacial score (nSPS) is 13.1. The first-order chi connectivity index (χ1) is 28.3. The fraction of sp³-hybridized carbons (Fsp3) is 0. The standard InChI is InChI=1S/C51H32N5O/c1-4-17-33(18-5-1)49-52-50(40-27-16-26-39-38-25-12-15-30-47(38)57-48(39)40)54-51(53-49)55-43-28-13-10-23-36(43)41-31-42-37-24-11-14-29-45(37)56(46(42)32-44(41)55,34-19-6-2-7-20-34)35-21-8-3-9-22-35/h1-32H/q+1. The Labute approximate surface area is 327 Å². The molecule has 0 unspecified atom stereocenters. The van der Waals surface area contributed by atoms with Gasteiger partial charge in [0.25, 0.3) is 0 Å². The monoisotopic (exact) mass is 730 g/mol. The molecule has 0 bridgehead atoms. The number of fused-ring (bicyclic) bond motifs is 9. The van der Waals surface area contributed by atoms with E-state index in [1.807, 2.05) is 54.6 Å². The van der Waals surface area contributed by atoms with Gasteiger partial charge < -0.3 is 4.42 Å². The van der Waals surface area contributed by atoms with Crippen molar-refractivity contribution in [2.75, 3.05) is 0 Å². The molecule has 57 heavy (non-hydrogen) atoms. The summed E-state index contributed by atoms with van der Waals surface area (Å²) < 4.78 is 9.19. The molecule has 0 spiro atoms. The molecule has 3 aromatic heterocycles. The molecule has 4 heterocycles. The average molecular weight is 731 g/mol. The van der Waals surface area contributed by atoms with E-state index in [9.17, 15) is 0 Å². The summed E-state index contributed by atoms with van der Waals surface area (Å²) in [5.41, 5.74) is 12.4. The Morgan fingerprint density at radius 2 is 1.02 bits per heavy atom. The Morgan fingerprint density at radius 3 is 1.81 bits per heavy atom. The van der Waals surface area contributed by atoms with E-state index < -0.39 is 0 Å². The van der Waals surface area contributed by atoms with E-state index in [4.69, 9.17) is 19.4 Å². The number of quaternary nitrogens is 1. The van der Waals surface area contributed by atoms with Crippen LogP contribution in [-0.4, -0.2) is 19.5 Å². The number of rotatable bonds is 5. The van der Waals surface area contributed by atoms with Gasteiger partial charge in [-0.15, -0.1) is 0 Å². The Kier molecular flexibility index (Phi) is 6.76. The summed E-state index contributed by atoms with van der Waals surface area (Å²) in [6.45, 7) is 0. The fourth-order valence-corrected chi connectivity index (χ4v) is 9.07. The number of benzene rings is 8. The molecule has 0 fully saturated rings. The SMILES string of the molecule is c1ccc(-c2nc(-c3cccc4c3oc3ccccc34)nc(-n3c4ccccc4c4cc5c(cc43)[N+](c3ccccc3)(c3ccccc3)c3ccccc3-5)n2)cc1. The lowest BCUT2D eigenvalue weighted by molar-refractivity contribution is 0.669. The predicted octanol–water partition coefficient (Wildman–Crippen LogP) is 13.5. The van der Waals surface area contributed by atoms with Crippen LogP contribution >= 0.6 is 0 Å². The summed E-state index contributed by atoms with van der Waals surface area (Å²) in [7, 11) is 0. The molecule has 1 aliphatic rings. The highest BCUT2D eigenvalue weighted by molar-refractivity contribution is 6.15. The summed E-state index contributed by atoms with van der Waals surface area (Å²) in [5.74, 6) is 1.66. The van der Waals surface area contributed by atoms with Gasteiger partial charge in [-0.05, 0) is 30.3 Å². The van der Waals surface area contributed by atoms with Gasteiger partial charge in [-0.2, -0.15) is 14.5 Å². The van der Waals surface area contributed by atoms with Crippen LogP contribution in [0, 0.1) is 0 Å². The van der Waals surface area contributed by atoms with Crippen molar-refractivity contribution in [3.05, 3.63) is 194 Å². The van der Waals surface area contributed by atoms with Crippen LogP contribution in [0.5, 0.6) is 0 Å². The second-order valence-corrected chi connectivity index (χ2v) is 14.5. The maximum Gasteiger partial charge on any atom is 0.238 e. The molecule has 0 N–H and O–H groups in total. The summed E-state index contributed by atoms with van der Waals surface area (Å²) in [6.07, 6.45) is 0. The lowest BCUT2D eigenvalue weighted by Gasteiger charge is -2.34. The second kappa shape index (κ2) is 12.2. The van der Waals surface area contributed by atoms with Crippen LogP contribution in [-0.2, 0) is 0 Å². The van der Waals surface area contributed by atoms with Gasteiger partial charge in [-0.25, -0.2) is 4.98 Å². The molecular formula is C51H32N5O+. The van der Waals surface area contributed by atoms with E-state index in [1.54, 1.807) is 0 Å². The van der Waals surface area contributed by atoms with Crippen molar-refractivity contribution in [1.29, 1.82) is 0 Å². The molecule has 6 nitrogen and oxygen atoms in total. The summed E-state index contributed by atoms with van der Waals surface area (Å²) in [4.78, 5) is 15.8. The maximum atomic E-state index is 6.53. The summed E-state index contributed by atoms with van der Waals surface area (Å²) in [5, 5.41) is 4.33. The average Bonchev–Trinajstić information content (AvgIpc) is 3.92. The maximum absolute atomic E-state index is 6.53. The predicted molar refractivity (Wildman–Crippen MR) is 231 cm³/mol. The van der Waals surface area contributed by atoms with Gasteiger partial charge in [-0.3, -0.25) is 4.57 Å². The second-order valence-electron chi connectivity index (χ2n) is 14.5. The van der Waals surface area contributed by atoms with E-state index in [2.05, 4.69) is 144 Å². The number of hydrogen-bond donors (Lipinski definition) is 0. The molecule has 0 radical (unpaired) electrons. The van der Waals surface area contributed by atoms with Crippen molar-refractivity contribution < 1.29 is 4.42 Å². The Morgan fingerprint density at radius 1 is 0.404 bits per heavy atom. The van der Waals surface area contributed by atoms with Crippen LogP contribution in [0.4, 0.5) is 22.7 Å². The van der Waals surface area contributed by atoms with Crippen LogP contribution < -0.4 is 4.48 Å². The summed E-state index contributed by atoms with van der Waals surface area (Å²) in [6, 6.07) is 68.3. The summed E-state index contributed by atoms with van der Waals surface area (Å²) >= 11 is 0. The minimum Gasteiger partial charge on any atom is -0.455 e. The largest absolute Gasteiger partial charge is 0.455 e. The van der Waals surface area contributed by atoms with Crippen LogP contribution in [0.25, 0.3) is 83.6 Å². The fourth-order valence-electron chi connectivity index (χ4n) is 9.07. The van der Waals surface area contributed by atoms with E-state index >= 15 is 0 Å². The highest BCUT2D eigenvalue weighted by Crippen LogP contribution is 2.63. The molecule has 6 heteroatoms. The van der Waals surface area contributed by atoms with Crippen LogP contribution in [0.1, 0.15) is 0 Å². The number of aromatic nitrogens is 4. The van der Waals surface area contributed by atoms with E-state index in [0.29, 0.717) is 22.1 Å². The zero-order chi connectivity index (χ0) is 37.5. The van der Waals surface area contributed by atoms with Gasteiger partial charge in [0.15, 0.2) is 23.0 Å². The van der Waals surface area contributed by atoms with Gasteiger partial charge in [0, 0.05) is 63.5 Å². The van der Waals surface area contributed by atoms with Gasteiger partial charge in [0.05, 0.1) is 27.7 Å². The molecule has 0 amide bonds. The third-order valence-electron chi connectivity index (χ3n) is 11.5. The Balaban J connectivity index is 1.19. The van der Waals surface area contributed by atoms with Crippen molar-refractivity contribution in [1.82, 2.24) is 24.0 Å². The first kappa shape index (κ1) is 31.7. The quantitative estimate of drug-likeness (QED) is 0.165. The minimum atomic E-state index is 0.441. The Hall–Kier alpha value is -7.67. The van der Waals surface area contributed by atoms with Crippen molar-refractivity contribution in [3.8, 4) is 39.9 Å². The van der Waals surface area contributed by atoms with Crippen LogP contribution in [0.2, 0.25) is 0 Å². The van der Waals surface area contributed by atoms with Crippen molar-refractivity contribution in [3.63, 3.8) is 0 Å². The van der Waals surface area contributed by atoms with Crippen molar-refractivity contribution in [2.45, 2.75) is 0 Å². The van der Waals surface area contributed by atoms with Gasteiger partial charge in [0.1, 0.15) is 22.5 Å². The Bertz CT molecular complexity index is 3310. The van der Waals surface area contributed by atoms with Crippen LogP contribution in [0.3, 0.4) is 0 Å². The van der Waals surface area contributed by atoms with Gasteiger partial charge in [-0.1, -0.05) is 127 Å².